The van der Waals surface area contributed by atoms with Gasteiger partial charge in [0.05, 0.1) is 19.1 Å². The molecule has 2 aliphatic heterocycles. The summed E-state index contributed by atoms with van der Waals surface area (Å²) in [6.07, 6.45) is 1.64. The van der Waals surface area contributed by atoms with E-state index in [-0.39, 0.29) is 19.4 Å². The van der Waals surface area contributed by atoms with Crippen LogP contribution >= 0.6 is 0 Å². The summed E-state index contributed by atoms with van der Waals surface area (Å²) in [5.41, 5.74) is 13.4. The van der Waals surface area contributed by atoms with Gasteiger partial charge in [0.15, 0.2) is 0 Å². The predicted octanol–water partition coefficient (Wildman–Crippen LogP) is -3.70. The molecule has 2 fully saturated rings. The van der Waals surface area contributed by atoms with Gasteiger partial charge in [0, 0.05) is 36.6 Å². The lowest BCUT2D eigenvalue weighted by Crippen LogP contribution is -2.60. The Morgan fingerprint density at radius 1 is 0.758 bits per heavy atom. The van der Waals surface area contributed by atoms with Crippen molar-refractivity contribution in [2.75, 3.05) is 19.7 Å². The predicted molar refractivity (Wildman–Crippen MR) is 216 cm³/mol. The smallest absolute Gasteiger partial charge is 0.326 e. The summed E-state index contributed by atoms with van der Waals surface area (Å²) in [7, 11) is 0. The number of rotatable bonds is 21. The van der Waals surface area contributed by atoms with Crippen molar-refractivity contribution in [2.24, 2.45) is 11.5 Å². The second-order valence-corrected chi connectivity index (χ2v) is 15.3. The zero-order valence-electron chi connectivity index (χ0n) is 34.3. The molecule has 23 heteroatoms. The van der Waals surface area contributed by atoms with Gasteiger partial charge in [-0.15, -0.1) is 0 Å². The minimum atomic E-state index is -1.80. The minimum absolute atomic E-state index is 0.154. The number of para-hydroxylation sites is 1. The number of aromatic nitrogens is 1. The van der Waals surface area contributed by atoms with Crippen molar-refractivity contribution in [1.82, 2.24) is 41.4 Å². The van der Waals surface area contributed by atoms with E-state index in [2.05, 4.69) is 26.3 Å². The summed E-state index contributed by atoms with van der Waals surface area (Å²) in [6.45, 7) is 2.10. The number of nitrogens with one attached hydrogen (secondary N) is 6. The summed E-state index contributed by atoms with van der Waals surface area (Å²) in [4.78, 5) is 133. The van der Waals surface area contributed by atoms with E-state index in [0.29, 0.717) is 25.8 Å². The number of carbonyl (C=O) groups is 10. The fraction of sp³-hybridized carbons (Fsp3) is 0.538. The number of likely N-dealkylation sites (tertiary alicyclic amines) is 2. The number of carbonyl (C=O) groups excluding carboxylic acids is 8. The molecular formula is C39H54N10O13. The van der Waals surface area contributed by atoms with Gasteiger partial charge in [-0.05, 0) is 64.0 Å². The van der Waals surface area contributed by atoms with E-state index in [4.69, 9.17) is 16.6 Å². The summed E-state index contributed by atoms with van der Waals surface area (Å²) < 4.78 is 0. The number of amides is 8. The van der Waals surface area contributed by atoms with Crippen molar-refractivity contribution in [3.8, 4) is 0 Å². The molecule has 338 valence electrons. The van der Waals surface area contributed by atoms with Crippen molar-refractivity contribution in [1.29, 1.82) is 0 Å². The van der Waals surface area contributed by atoms with Crippen molar-refractivity contribution in [2.45, 2.75) is 114 Å². The van der Waals surface area contributed by atoms with Crippen LogP contribution in [-0.4, -0.2) is 157 Å². The van der Waals surface area contributed by atoms with E-state index in [0.717, 1.165) is 16.5 Å². The van der Waals surface area contributed by atoms with Crippen LogP contribution in [0.4, 0.5) is 0 Å². The van der Waals surface area contributed by atoms with Gasteiger partial charge in [0.1, 0.15) is 42.3 Å². The number of aliphatic hydroxyl groups excluding tert-OH is 1. The third kappa shape index (κ3) is 12.5. The van der Waals surface area contributed by atoms with Gasteiger partial charge >= 0.3 is 11.9 Å². The average Bonchev–Trinajstić information content (AvgIpc) is 4.01. The number of benzene rings is 1. The molecule has 0 unspecified atom stereocenters. The number of nitrogens with two attached hydrogens (primary N) is 2. The average molecular weight is 871 g/mol. The maximum absolute atomic E-state index is 13.6. The van der Waals surface area contributed by atoms with Crippen molar-refractivity contribution >= 4 is 70.1 Å². The number of carboxylic acids is 2. The monoisotopic (exact) mass is 870 g/mol. The van der Waals surface area contributed by atoms with E-state index in [1.54, 1.807) is 6.20 Å². The Labute approximate surface area is 355 Å². The van der Waals surface area contributed by atoms with E-state index in [1.807, 2.05) is 29.6 Å². The largest absolute Gasteiger partial charge is 0.481 e. The molecule has 23 nitrogen and oxygen atoms in total. The number of fused-ring (bicyclic) bond motifs is 1. The summed E-state index contributed by atoms with van der Waals surface area (Å²) in [6, 6.07) is -2.93. The van der Waals surface area contributed by atoms with Gasteiger partial charge in [-0.3, -0.25) is 43.2 Å². The first-order valence-corrected chi connectivity index (χ1v) is 20.1. The normalized spacial score (nSPS) is 19.0. The highest BCUT2D eigenvalue weighted by Gasteiger charge is 2.41. The van der Waals surface area contributed by atoms with Gasteiger partial charge in [0.2, 0.25) is 47.3 Å². The van der Waals surface area contributed by atoms with E-state index < -0.39 is 133 Å². The van der Waals surface area contributed by atoms with Gasteiger partial charge in [-0.2, -0.15) is 0 Å². The van der Waals surface area contributed by atoms with Gasteiger partial charge in [0.25, 0.3) is 0 Å². The highest BCUT2D eigenvalue weighted by atomic mass is 16.4. The fourth-order valence-electron chi connectivity index (χ4n) is 7.41. The SMILES string of the molecule is C[C@H](NC(=O)[C@@H]1CCCN1C(=O)[C@H](C)NC(=O)[C@@H]1CCCN1C(=O)[C@@H](N)Cc1c[nH]c2ccccc12)C(=O)N[C@@H](CC(N)=O)C(=O)N[C@@H](CO)C(=O)N[C@@H](CCC(=O)O)C(=O)O. The number of hydrogen-bond acceptors (Lipinski definition) is 12. The number of aliphatic hydroxyl groups is 1. The third-order valence-electron chi connectivity index (χ3n) is 10.7. The van der Waals surface area contributed by atoms with Crippen LogP contribution in [0.25, 0.3) is 10.9 Å². The van der Waals surface area contributed by atoms with Crippen LogP contribution in [0, 0.1) is 0 Å². The molecule has 0 bridgehead atoms. The lowest BCUT2D eigenvalue weighted by atomic mass is 10.0. The quantitative estimate of drug-likeness (QED) is 0.0576. The van der Waals surface area contributed by atoms with Gasteiger partial charge < -0.3 is 68.2 Å². The van der Waals surface area contributed by atoms with Gasteiger partial charge in [-0.25, -0.2) is 4.79 Å². The van der Waals surface area contributed by atoms with Gasteiger partial charge in [-0.1, -0.05) is 18.2 Å². The second kappa shape index (κ2) is 21.8. The number of aliphatic carboxylic acids is 2. The van der Waals surface area contributed by atoms with Crippen molar-refractivity contribution < 1.29 is 63.3 Å². The third-order valence-corrected chi connectivity index (χ3v) is 10.7. The number of H-pyrrole nitrogens is 1. The first kappa shape index (κ1) is 48.1. The van der Waals surface area contributed by atoms with Crippen LogP contribution < -0.4 is 38.1 Å². The van der Waals surface area contributed by atoms with E-state index in [1.165, 1.54) is 23.6 Å². The molecule has 8 atom stereocenters. The lowest BCUT2D eigenvalue weighted by Gasteiger charge is -2.30. The number of carboxylic acid groups (broad SMARTS) is 2. The molecule has 1 aromatic carbocycles. The van der Waals surface area contributed by atoms with Crippen LogP contribution in [0.5, 0.6) is 0 Å². The Kier molecular flexibility index (Phi) is 16.9. The molecular weight excluding hydrogens is 816 g/mol. The first-order chi connectivity index (χ1) is 29.3. The molecule has 13 N–H and O–H groups in total. The zero-order valence-corrected chi connectivity index (χ0v) is 34.3. The molecule has 2 aromatic rings. The Bertz CT molecular complexity index is 2040. The van der Waals surface area contributed by atoms with Crippen LogP contribution in [0.1, 0.15) is 64.4 Å². The molecule has 0 spiro atoms. The van der Waals surface area contributed by atoms with Crippen LogP contribution in [0.15, 0.2) is 30.5 Å². The first-order valence-electron chi connectivity index (χ1n) is 20.1. The van der Waals surface area contributed by atoms with E-state index in [9.17, 15) is 58.2 Å². The molecule has 4 rings (SSSR count). The molecule has 3 heterocycles. The number of primary amides is 1. The molecule has 2 saturated heterocycles. The second-order valence-electron chi connectivity index (χ2n) is 15.3. The summed E-state index contributed by atoms with van der Waals surface area (Å²) >= 11 is 0. The zero-order chi connectivity index (χ0) is 45.8. The number of aromatic amines is 1. The Hall–Kier alpha value is -6.62. The van der Waals surface area contributed by atoms with Crippen LogP contribution in [0.3, 0.4) is 0 Å². The topological polar surface area (TPSA) is 366 Å². The molecule has 1 aromatic heterocycles. The Morgan fingerprint density at radius 2 is 1.31 bits per heavy atom. The number of nitrogens with zero attached hydrogens (tertiary/aromatic N) is 2. The number of hydrogen-bond donors (Lipinski definition) is 11. The molecule has 62 heavy (non-hydrogen) atoms. The Morgan fingerprint density at radius 3 is 1.89 bits per heavy atom. The standard InChI is InChI=1S/C39H54N10O13/c1-19(32(54)46-26(16-30(41)51)33(55)47-27(18-50)34(56)45-25(39(61)62)11-12-31(52)53)43-35(57)28-9-5-13-48(28)37(59)20(2)44-36(58)29-10-6-14-49(29)38(60)23(40)15-21-17-42-24-8-4-3-7-22(21)24/h3-4,7-8,17,19-20,23,25-29,42,50H,5-6,9-16,18,40H2,1-2H3,(H2,41,51)(H,43,57)(H,44,58)(H,45,56)(H,46,54)(H,47,55)(H,52,53)(H,61,62)/t19-,20-,23-,25-,26-,27-,28-,29-/m0/s1. The summed E-state index contributed by atoms with van der Waals surface area (Å²) in [5, 5.41) is 40.3. The van der Waals surface area contributed by atoms with Crippen LogP contribution in [0.2, 0.25) is 0 Å². The van der Waals surface area contributed by atoms with Crippen molar-refractivity contribution in [3.05, 3.63) is 36.0 Å². The fourth-order valence-corrected chi connectivity index (χ4v) is 7.41. The molecule has 0 radical (unpaired) electrons. The maximum Gasteiger partial charge on any atom is 0.326 e. The molecule has 0 saturated carbocycles. The summed E-state index contributed by atoms with van der Waals surface area (Å²) in [5.74, 6) is -9.64. The lowest BCUT2D eigenvalue weighted by molar-refractivity contribution is -0.144. The maximum atomic E-state index is 13.6. The van der Waals surface area contributed by atoms with E-state index >= 15 is 0 Å². The van der Waals surface area contributed by atoms with Crippen LogP contribution in [-0.2, 0) is 54.4 Å². The molecule has 8 amide bonds. The van der Waals surface area contributed by atoms with Crippen molar-refractivity contribution in [3.63, 3.8) is 0 Å². The minimum Gasteiger partial charge on any atom is -0.481 e. The highest BCUT2D eigenvalue weighted by molar-refractivity contribution is 5.99. The molecule has 0 aliphatic carbocycles. The Balaban J connectivity index is 1.31. The molecule has 2 aliphatic rings. The highest BCUT2D eigenvalue weighted by Crippen LogP contribution is 2.23.